The number of carbonyl (C=O) groups is 2. The predicted molar refractivity (Wildman–Crippen MR) is 121 cm³/mol. The summed E-state index contributed by atoms with van der Waals surface area (Å²) in [5, 5.41) is 3.10. The van der Waals surface area contributed by atoms with E-state index in [1.165, 1.54) is 31.4 Å². The van der Waals surface area contributed by atoms with Crippen molar-refractivity contribution >= 4 is 24.0 Å². The highest BCUT2D eigenvalue weighted by Crippen LogP contribution is 2.28. The number of nitrogens with one attached hydrogen (secondary N) is 1. The highest BCUT2D eigenvalue weighted by Gasteiger charge is 2.19. The Kier molecular flexibility index (Phi) is 8.66. The van der Waals surface area contributed by atoms with Gasteiger partial charge in [0, 0.05) is 18.8 Å². The van der Waals surface area contributed by atoms with Gasteiger partial charge in [0.05, 0.1) is 18.0 Å². The molecule has 1 N–H and O–H groups in total. The summed E-state index contributed by atoms with van der Waals surface area (Å²) >= 11 is 0. The number of hydrogen-bond donors (Lipinski definition) is 1. The fraction of sp³-hybridized carbons (Fsp3) is 0.400. The van der Waals surface area contributed by atoms with E-state index in [2.05, 4.69) is 27.1 Å². The highest BCUT2D eigenvalue weighted by molar-refractivity contribution is 5.89. The summed E-state index contributed by atoms with van der Waals surface area (Å²) in [6.07, 6.45) is 3.89. The van der Waals surface area contributed by atoms with Crippen molar-refractivity contribution in [2.24, 2.45) is 0 Å². The molecule has 1 aliphatic rings. The highest BCUT2D eigenvalue weighted by atomic mass is 16.6. The van der Waals surface area contributed by atoms with Crippen molar-refractivity contribution in [2.75, 3.05) is 31.2 Å². The molecule has 0 aliphatic carbocycles. The van der Waals surface area contributed by atoms with Gasteiger partial charge >= 0.3 is 12.4 Å². The van der Waals surface area contributed by atoms with E-state index in [9.17, 15) is 14.4 Å². The molecule has 1 heterocycles. The number of hydrogen-bond acceptors (Lipinski definition) is 6. The Bertz CT molecular complexity index is 907. The van der Waals surface area contributed by atoms with Crippen LogP contribution in [0.3, 0.4) is 0 Å². The van der Waals surface area contributed by atoms with Gasteiger partial charge in [-0.2, -0.15) is 0 Å². The minimum absolute atomic E-state index is 0.0327. The lowest BCUT2D eigenvalue weighted by Crippen LogP contribution is -2.33. The summed E-state index contributed by atoms with van der Waals surface area (Å²) in [7, 11) is 0. The average Bonchev–Trinajstić information content (AvgIpc) is 2.82. The molecule has 1 amide bonds. The van der Waals surface area contributed by atoms with Gasteiger partial charge in [-0.05, 0) is 55.5 Å². The van der Waals surface area contributed by atoms with E-state index < -0.39 is 5.97 Å². The number of para-hydroxylation sites is 1. The van der Waals surface area contributed by atoms with Crippen molar-refractivity contribution in [3.05, 3.63) is 65.2 Å². The third kappa shape index (κ3) is 6.57. The molecule has 1 radical (unpaired) electrons. The molecule has 1 atom stereocenters. The van der Waals surface area contributed by atoms with Crippen molar-refractivity contribution in [1.29, 1.82) is 0 Å². The number of piperidine rings is 1. The molecule has 0 aromatic heterocycles. The third-order valence-electron chi connectivity index (χ3n) is 5.51. The van der Waals surface area contributed by atoms with Gasteiger partial charge in [0.1, 0.15) is 13.2 Å². The lowest BCUT2D eigenvalue weighted by molar-refractivity contribution is -0.121. The Morgan fingerprint density at radius 2 is 1.75 bits per heavy atom. The molecule has 0 saturated carbocycles. The molecule has 2 aromatic rings. The van der Waals surface area contributed by atoms with Crippen LogP contribution in [0.2, 0.25) is 0 Å². The predicted octanol–water partition coefficient (Wildman–Crippen LogP) is 3.34. The zero-order valence-corrected chi connectivity index (χ0v) is 18.3. The van der Waals surface area contributed by atoms with Gasteiger partial charge in [-0.1, -0.05) is 30.3 Å². The van der Waals surface area contributed by atoms with Gasteiger partial charge in [0.25, 0.3) is 0 Å². The number of ether oxygens (including phenoxy) is 2. The molecule has 1 aliphatic heterocycles. The molecule has 169 valence electrons. The Morgan fingerprint density at radius 3 is 2.47 bits per heavy atom. The first kappa shape index (κ1) is 23.3. The lowest BCUT2D eigenvalue weighted by Gasteiger charge is -2.32. The molecular weight excluding hydrogens is 408 g/mol. The number of anilines is 1. The number of carbonyl (C=O) groups excluding carboxylic acids is 3. The third-order valence-corrected chi connectivity index (χ3v) is 5.51. The number of esters is 1. The quantitative estimate of drug-likeness (QED) is 0.453. The van der Waals surface area contributed by atoms with Crippen molar-refractivity contribution in [2.45, 2.75) is 38.6 Å². The second-order valence-electron chi connectivity index (χ2n) is 7.84. The van der Waals surface area contributed by atoms with Gasteiger partial charge < -0.3 is 19.7 Å². The van der Waals surface area contributed by atoms with Gasteiger partial charge in [-0.3, -0.25) is 4.79 Å². The molecule has 1 saturated heterocycles. The van der Waals surface area contributed by atoms with Crippen molar-refractivity contribution < 1.29 is 23.9 Å². The second kappa shape index (κ2) is 11.9. The van der Waals surface area contributed by atoms with Crippen LogP contribution in [0.1, 0.15) is 53.7 Å². The van der Waals surface area contributed by atoms with Gasteiger partial charge in [0.15, 0.2) is 0 Å². The fourth-order valence-corrected chi connectivity index (χ4v) is 3.89. The molecule has 2 aromatic carbocycles. The van der Waals surface area contributed by atoms with E-state index in [-0.39, 0.29) is 31.6 Å². The van der Waals surface area contributed by atoms with Crippen molar-refractivity contribution in [3.63, 3.8) is 0 Å². The van der Waals surface area contributed by atoms with Crippen LogP contribution >= 0.6 is 0 Å². The van der Waals surface area contributed by atoms with E-state index in [1.54, 1.807) is 24.3 Å². The molecule has 7 nitrogen and oxygen atoms in total. The Hall–Kier alpha value is -3.35. The molecule has 0 spiro atoms. The number of benzene rings is 2. The minimum Gasteiger partial charge on any atom is -0.458 e. The number of amides is 1. The summed E-state index contributed by atoms with van der Waals surface area (Å²) in [5.74, 6) is -0.595. The summed E-state index contributed by atoms with van der Waals surface area (Å²) in [5.41, 5.74) is 3.49. The van der Waals surface area contributed by atoms with Crippen LogP contribution in [-0.4, -0.2) is 44.7 Å². The molecule has 1 unspecified atom stereocenters. The normalized spacial score (nSPS) is 14.3. The molecule has 1 fully saturated rings. The lowest BCUT2D eigenvalue weighted by atomic mass is 10.0. The average molecular weight is 438 g/mol. The smallest absolute Gasteiger partial charge is 0.417 e. The van der Waals surface area contributed by atoms with Crippen molar-refractivity contribution in [3.8, 4) is 0 Å². The van der Waals surface area contributed by atoms with Gasteiger partial charge in [-0.25, -0.2) is 9.59 Å². The summed E-state index contributed by atoms with van der Waals surface area (Å²) in [6.45, 7) is 5.31. The number of rotatable bonds is 10. The molecule has 7 heteroatoms. The summed E-state index contributed by atoms with van der Waals surface area (Å²) in [4.78, 5) is 37.0. The zero-order valence-electron chi connectivity index (χ0n) is 18.3. The molecule has 0 bridgehead atoms. The van der Waals surface area contributed by atoms with Crippen molar-refractivity contribution in [1.82, 2.24) is 5.32 Å². The fourth-order valence-electron chi connectivity index (χ4n) is 3.89. The maximum absolute atomic E-state index is 12.6. The first-order valence-electron chi connectivity index (χ1n) is 11.0. The van der Waals surface area contributed by atoms with Crippen LogP contribution in [0.25, 0.3) is 0 Å². The van der Waals surface area contributed by atoms with E-state index in [0.717, 1.165) is 24.2 Å². The standard InChI is InChI=1S/C25H29N2O5/c1-19(22-7-3-4-8-23(22)27-13-5-2-6-14-27)26-24(29)17-20-9-11-21(12-10-20)25(30)32-16-15-31-18-28/h3-4,7-12,19H,2,5-6,13-17H2,1H3,(H,26,29). The SMILES string of the molecule is CC(NC(=O)Cc1ccc(C(=O)OCCO[C]=O)cc1)c1ccccc1N1CCCCC1. The monoisotopic (exact) mass is 437 g/mol. The van der Waals surface area contributed by atoms with Crippen LogP contribution < -0.4 is 10.2 Å². The number of nitrogens with zero attached hydrogens (tertiary/aromatic N) is 1. The van der Waals surface area contributed by atoms with Crippen LogP contribution in [0.15, 0.2) is 48.5 Å². The van der Waals surface area contributed by atoms with Crippen LogP contribution in [0.5, 0.6) is 0 Å². The largest absolute Gasteiger partial charge is 0.458 e. The van der Waals surface area contributed by atoms with Crippen LogP contribution in [0.4, 0.5) is 5.69 Å². The Balaban J connectivity index is 1.54. The zero-order chi connectivity index (χ0) is 22.8. The minimum atomic E-state index is -0.515. The Labute approximate surface area is 188 Å². The topological polar surface area (TPSA) is 84.9 Å². The van der Waals surface area contributed by atoms with E-state index in [0.29, 0.717) is 5.56 Å². The first-order chi connectivity index (χ1) is 15.6. The van der Waals surface area contributed by atoms with E-state index in [1.807, 2.05) is 19.1 Å². The molecule has 32 heavy (non-hydrogen) atoms. The van der Waals surface area contributed by atoms with Gasteiger partial charge in [-0.15, -0.1) is 0 Å². The second-order valence-corrected chi connectivity index (χ2v) is 7.84. The van der Waals surface area contributed by atoms with E-state index >= 15 is 0 Å². The molecule has 3 rings (SSSR count). The van der Waals surface area contributed by atoms with E-state index in [4.69, 9.17) is 4.74 Å². The summed E-state index contributed by atoms with van der Waals surface area (Å²) in [6, 6.07) is 14.9. The molecular formula is C25H29N2O5. The Morgan fingerprint density at radius 1 is 1.03 bits per heavy atom. The van der Waals surface area contributed by atoms with Gasteiger partial charge in [0.2, 0.25) is 5.91 Å². The maximum atomic E-state index is 12.6. The maximum Gasteiger partial charge on any atom is 0.417 e. The summed E-state index contributed by atoms with van der Waals surface area (Å²) < 4.78 is 9.35. The first-order valence-corrected chi connectivity index (χ1v) is 11.0. The van der Waals surface area contributed by atoms with Crippen LogP contribution in [-0.2, 0) is 25.5 Å². The van der Waals surface area contributed by atoms with Crippen LogP contribution in [0, 0.1) is 0 Å².